The molecule has 27 heavy (non-hydrogen) atoms. The Morgan fingerprint density at radius 3 is 2.67 bits per heavy atom. The molecule has 3 aromatic rings. The molecular formula is C20H23ClN3O3+. The predicted molar refractivity (Wildman–Crippen MR) is 105 cm³/mol. The van der Waals surface area contributed by atoms with Gasteiger partial charge in [-0.1, -0.05) is 35.9 Å². The van der Waals surface area contributed by atoms with E-state index in [1.165, 1.54) is 15.0 Å². The van der Waals surface area contributed by atoms with Crippen LogP contribution in [0.25, 0.3) is 11.1 Å². The third kappa shape index (κ3) is 4.78. The summed E-state index contributed by atoms with van der Waals surface area (Å²) >= 11 is 5.91. The summed E-state index contributed by atoms with van der Waals surface area (Å²) in [6.07, 6.45) is 0.193. The molecule has 0 atom stereocenters. The number of oxazole rings is 1. The van der Waals surface area contributed by atoms with Gasteiger partial charge in [-0.2, -0.15) is 0 Å². The first kappa shape index (κ1) is 19.2. The van der Waals surface area contributed by atoms with Crippen LogP contribution in [0.5, 0.6) is 0 Å². The van der Waals surface area contributed by atoms with Gasteiger partial charge < -0.3 is 14.6 Å². The minimum Gasteiger partial charge on any atom is -0.408 e. The molecule has 0 aliphatic heterocycles. The van der Waals surface area contributed by atoms with Crippen LogP contribution in [0.2, 0.25) is 5.02 Å². The van der Waals surface area contributed by atoms with Crippen molar-refractivity contribution in [2.75, 3.05) is 14.1 Å². The number of halogens is 1. The minimum absolute atomic E-state index is 0.114. The van der Waals surface area contributed by atoms with Crippen molar-refractivity contribution in [1.82, 2.24) is 9.88 Å². The monoisotopic (exact) mass is 388 g/mol. The molecule has 3 rings (SSSR count). The number of hydrogen-bond acceptors (Lipinski definition) is 3. The fraction of sp³-hybridized carbons (Fsp3) is 0.300. The van der Waals surface area contributed by atoms with Crippen molar-refractivity contribution < 1.29 is 14.1 Å². The Morgan fingerprint density at radius 2 is 1.93 bits per heavy atom. The molecule has 7 heteroatoms. The number of aromatic nitrogens is 1. The second kappa shape index (κ2) is 8.41. The van der Waals surface area contributed by atoms with E-state index in [0.717, 1.165) is 12.1 Å². The van der Waals surface area contributed by atoms with Crippen LogP contribution in [0.15, 0.2) is 51.7 Å². The quantitative estimate of drug-likeness (QED) is 0.646. The number of rotatable bonds is 7. The average Bonchev–Trinajstić information content (AvgIpc) is 2.92. The first-order valence-corrected chi connectivity index (χ1v) is 9.23. The lowest BCUT2D eigenvalue weighted by Crippen LogP contribution is -3.04. The summed E-state index contributed by atoms with van der Waals surface area (Å²) < 4.78 is 6.64. The van der Waals surface area contributed by atoms with Gasteiger partial charge in [-0.3, -0.25) is 9.36 Å². The van der Waals surface area contributed by atoms with Crippen molar-refractivity contribution in [3.63, 3.8) is 0 Å². The fourth-order valence-electron chi connectivity index (χ4n) is 3.03. The van der Waals surface area contributed by atoms with Crippen molar-refractivity contribution in [1.29, 1.82) is 0 Å². The van der Waals surface area contributed by atoms with Crippen LogP contribution in [0.4, 0.5) is 0 Å². The average molecular weight is 389 g/mol. The van der Waals surface area contributed by atoms with Crippen LogP contribution in [0.3, 0.4) is 0 Å². The van der Waals surface area contributed by atoms with E-state index in [-0.39, 0.29) is 18.9 Å². The molecule has 0 aliphatic carbocycles. The zero-order valence-corrected chi connectivity index (χ0v) is 16.2. The fourth-order valence-corrected chi connectivity index (χ4v) is 3.19. The Labute approximate surface area is 162 Å². The van der Waals surface area contributed by atoms with Crippen molar-refractivity contribution >= 4 is 28.6 Å². The number of quaternary nitrogens is 1. The Bertz CT molecular complexity index is 1010. The Hall–Kier alpha value is -2.57. The SMILES string of the molecule is C[NH+](C)Cc1ccccc1CNC(=O)CCn1c(=O)oc2cc(Cl)ccc21. The summed E-state index contributed by atoms with van der Waals surface area (Å²) in [4.78, 5) is 25.6. The third-order valence-electron chi connectivity index (χ3n) is 4.33. The van der Waals surface area contributed by atoms with E-state index in [2.05, 4.69) is 25.5 Å². The maximum atomic E-state index is 12.3. The minimum atomic E-state index is -0.487. The smallest absolute Gasteiger partial charge is 0.408 e. The van der Waals surface area contributed by atoms with Gasteiger partial charge in [0.1, 0.15) is 6.54 Å². The maximum Gasteiger partial charge on any atom is 0.419 e. The number of carbonyl (C=O) groups is 1. The third-order valence-corrected chi connectivity index (χ3v) is 4.57. The molecule has 0 fully saturated rings. The van der Waals surface area contributed by atoms with Crippen LogP contribution in [-0.4, -0.2) is 24.6 Å². The van der Waals surface area contributed by atoms with E-state index >= 15 is 0 Å². The van der Waals surface area contributed by atoms with Crippen LogP contribution < -0.4 is 16.0 Å². The number of amides is 1. The molecule has 0 spiro atoms. The van der Waals surface area contributed by atoms with E-state index in [0.29, 0.717) is 22.7 Å². The maximum absolute atomic E-state index is 12.3. The second-order valence-electron chi connectivity index (χ2n) is 6.81. The summed E-state index contributed by atoms with van der Waals surface area (Å²) in [5.41, 5.74) is 3.38. The van der Waals surface area contributed by atoms with Crippen molar-refractivity contribution in [2.45, 2.75) is 26.1 Å². The molecule has 2 N–H and O–H groups in total. The van der Waals surface area contributed by atoms with Crippen LogP contribution >= 0.6 is 11.6 Å². The number of benzene rings is 2. The normalized spacial score (nSPS) is 11.3. The molecule has 1 aromatic heterocycles. The molecule has 1 amide bonds. The van der Waals surface area contributed by atoms with Gasteiger partial charge in [-0.25, -0.2) is 4.79 Å². The van der Waals surface area contributed by atoms with Gasteiger partial charge in [-0.15, -0.1) is 0 Å². The number of hydrogen-bond donors (Lipinski definition) is 2. The zero-order chi connectivity index (χ0) is 19.4. The molecule has 142 valence electrons. The molecule has 0 saturated carbocycles. The lowest BCUT2D eigenvalue weighted by molar-refractivity contribution is -0.872. The highest BCUT2D eigenvalue weighted by atomic mass is 35.5. The number of fused-ring (bicyclic) bond motifs is 1. The lowest BCUT2D eigenvalue weighted by Gasteiger charge is -2.13. The predicted octanol–water partition coefficient (Wildman–Crippen LogP) is 1.60. The Balaban J connectivity index is 1.61. The van der Waals surface area contributed by atoms with E-state index in [9.17, 15) is 9.59 Å². The summed E-state index contributed by atoms with van der Waals surface area (Å²) in [6.45, 7) is 1.62. The number of nitrogens with zero attached hydrogens (tertiary/aromatic N) is 1. The first-order chi connectivity index (χ1) is 12.9. The number of nitrogens with one attached hydrogen (secondary N) is 2. The van der Waals surface area contributed by atoms with Gasteiger partial charge in [0.2, 0.25) is 5.91 Å². The van der Waals surface area contributed by atoms with E-state index in [4.69, 9.17) is 16.0 Å². The van der Waals surface area contributed by atoms with Crippen molar-refractivity contribution in [3.8, 4) is 0 Å². The highest BCUT2D eigenvalue weighted by Gasteiger charge is 2.12. The molecule has 2 aromatic carbocycles. The number of carbonyl (C=O) groups excluding carboxylic acids is 1. The van der Waals surface area contributed by atoms with Crippen molar-refractivity contribution in [2.24, 2.45) is 0 Å². The summed E-state index contributed by atoms with van der Waals surface area (Å²) in [7, 11) is 4.19. The second-order valence-corrected chi connectivity index (χ2v) is 7.25. The van der Waals surface area contributed by atoms with Gasteiger partial charge in [0.25, 0.3) is 0 Å². The molecule has 0 saturated heterocycles. The van der Waals surface area contributed by atoms with Crippen LogP contribution in [0, 0.1) is 0 Å². The van der Waals surface area contributed by atoms with Crippen LogP contribution in [0.1, 0.15) is 17.5 Å². The molecule has 0 aliphatic rings. The topological polar surface area (TPSA) is 68.7 Å². The van der Waals surface area contributed by atoms with Gasteiger partial charge in [0.15, 0.2) is 5.58 Å². The molecule has 1 heterocycles. The molecular weight excluding hydrogens is 366 g/mol. The molecule has 0 bridgehead atoms. The first-order valence-electron chi connectivity index (χ1n) is 8.85. The van der Waals surface area contributed by atoms with E-state index in [1.807, 2.05) is 18.2 Å². The molecule has 0 radical (unpaired) electrons. The highest BCUT2D eigenvalue weighted by molar-refractivity contribution is 6.31. The highest BCUT2D eigenvalue weighted by Crippen LogP contribution is 2.18. The summed E-state index contributed by atoms with van der Waals surface area (Å²) in [6, 6.07) is 13.1. The lowest BCUT2D eigenvalue weighted by atomic mass is 10.1. The van der Waals surface area contributed by atoms with Gasteiger partial charge in [0, 0.05) is 36.2 Å². The largest absolute Gasteiger partial charge is 0.419 e. The summed E-state index contributed by atoms with van der Waals surface area (Å²) in [5, 5.41) is 3.44. The number of aryl methyl sites for hydroxylation is 1. The molecule has 0 unspecified atom stereocenters. The van der Waals surface area contributed by atoms with Gasteiger partial charge >= 0.3 is 5.76 Å². The summed E-state index contributed by atoms with van der Waals surface area (Å²) in [5.74, 6) is -0.600. The van der Waals surface area contributed by atoms with Crippen LogP contribution in [-0.2, 0) is 24.4 Å². The van der Waals surface area contributed by atoms with Gasteiger partial charge in [0.05, 0.1) is 19.6 Å². The zero-order valence-electron chi connectivity index (χ0n) is 15.4. The molecule has 6 nitrogen and oxygen atoms in total. The Kier molecular flexibility index (Phi) is 5.98. The van der Waals surface area contributed by atoms with Gasteiger partial charge in [-0.05, 0) is 17.7 Å². The van der Waals surface area contributed by atoms with E-state index in [1.54, 1.807) is 18.2 Å². The Morgan fingerprint density at radius 1 is 1.19 bits per heavy atom. The van der Waals surface area contributed by atoms with Crippen molar-refractivity contribution in [3.05, 3.63) is 69.2 Å². The van der Waals surface area contributed by atoms with E-state index < -0.39 is 5.76 Å². The standard InChI is InChI=1S/C20H22ClN3O3/c1-23(2)13-15-6-4-3-5-14(15)12-22-19(25)9-10-24-17-8-7-16(21)11-18(17)27-20(24)26/h3-8,11H,9-10,12-13H2,1-2H3,(H,22,25)/p+1.